The number of amides is 1. The van der Waals surface area contributed by atoms with Crippen molar-refractivity contribution in [1.82, 2.24) is 9.88 Å². The van der Waals surface area contributed by atoms with Crippen molar-refractivity contribution in [3.05, 3.63) is 52.8 Å². The Morgan fingerprint density at radius 1 is 1.15 bits per heavy atom. The van der Waals surface area contributed by atoms with Crippen LogP contribution in [-0.2, 0) is 6.18 Å². The summed E-state index contributed by atoms with van der Waals surface area (Å²) in [5.74, 6) is -0.533. The molecule has 1 aliphatic rings. The molecular weight excluding hydrogens is 381 g/mol. The Morgan fingerprint density at radius 2 is 1.85 bits per heavy atom. The number of carbonyl (C=O) groups excluding carboxylic acids is 1. The van der Waals surface area contributed by atoms with Crippen LogP contribution in [0.4, 0.5) is 24.5 Å². The number of halogens is 4. The fourth-order valence-corrected chi connectivity index (χ4v) is 3.04. The Labute approximate surface area is 159 Å². The highest BCUT2D eigenvalue weighted by atomic mass is 35.5. The van der Waals surface area contributed by atoms with Gasteiger partial charge in [0.15, 0.2) is 0 Å². The average Bonchev–Trinajstić information content (AvgIpc) is 2.63. The third-order valence-electron chi connectivity index (χ3n) is 4.38. The van der Waals surface area contributed by atoms with Gasteiger partial charge in [-0.15, -0.1) is 0 Å². The minimum Gasteiger partial charge on any atom is -0.368 e. The van der Waals surface area contributed by atoms with E-state index in [4.69, 9.17) is 11.6 Å². The lowest BCUT2D eigenvalue weighted by atomic mass is 10.1. The van der Waals surface area contributed by atoms with Gasteiger partial charge < -0.3 is 15.1 Å². The van der Waals surface area contributed by atoms with E-state index in [1.165, 1.54) is 12.3 Å². The molecule has 5 nitrogen and oxygen atoms in total. The van der Waals surface area contributed by atoms with E-state index >= 15 is 0 Å². The first-order valence-corrected chi connectivity index (χ1v) is 8.68. The zero-order valence-electron chi connectivity index (χ0n) is 14.6. The van der Waals surface area contributed by atoms with Crippen LogP contribution in [0, 0.1) is 0 Å². The van der Waals surface area contributed by atoms with Gasteiger partial charge in [-0.05, 0) is 31.3 Å². The van der Waals surface area contributed by atoms with Crippen LogP contribution in [0.2, 0.25) is 5.02 Å². The van der Waals surface area contributed by atoms with Gasteiger partial charge in [-0.3, -0.25) is 9.78 Å². The molecule has 0 unspecified atom stereocenters. The van der Waals surface area contributed by atoms with E-state index in [1.807, 2.05) is 7.05 Å². The van der Waals surface area contributed by atoms with E-state index in [1.54, 1.807) is 12.3 Å². The number of likely N-dealkylation sites (N-methyl/N-ethyl adjacent to an activating group) is 1. The van der Waals surface area contributed by atoms with Crippen LogP contribution in [0.15, 0.2) is 36.7 Å². The van der Waals surface area contributed by atoms with Crippen molar-refractivity contribution >= 4 is 28.9 Å². The van der Waals surface area contributed by atoms with Crippen molar-refractivity contribution in [2.45, 2.75) is 6.18 Å². The molecule has 0 radical (unpaired) electrons. The van der Waals surface area contributed by atoms with Gasteiger partial charge in [-0.2, -0.15) is 13.2 Å². The highest BCUT2D eigenvalue weighted by molar-refractivity contribution is 6.31. The molecule has 0 saturated carbocycles. The fourth-order valence-electron chi connectivity index (χ4n) is 2.81. The summed E-state index contributed by atoms with van der Waals surface area (Å²) in [6.45, 7) is 3.44. The highest BCUT2D eigenvalue weighted by Crippen LogP contribution is 2.36. The number of hydrogen-bond acceptors (Lipinski definition) is 4. The molecule has 3 rings (SSSR count). The van der Waals surface area contributed by atoms with Crippen molar-refractivity contribution in [2.75, 3.05) is 43.4 Å². The predicted octanol–water partition coefficient (Wildman–Crippen LogP) is 3.76. The van der Waals surface area contributed by atoms with Crippen molar-refractivity contribution < 1.29 is 18.0 Å². The molecule has 1 saturated heterocycles. The lowest BCUT2D eigenvalue weighted by Crippen LogP contribution is -2.44. The molecule has 2 aromatic rings. The van der Waals surface area contributed by atoms with Gasteiger partial charge in [0.25, 0.3) is 5.91 Å². The number of rotatable bonds is 3. The van der Waals surface area contributed by atoms with Crippen LogP contribution in [0.5, 0.6) is 0 Å². The quantitative estimate of drug-likeness (QED) is 0.855. The normalized spacial score (nSPS) is 15.7. The first kappa shape index (κ1) is 19.4. The molecule has 1 amide bonds. The van der Waals surface area contributed by atoms with E-state index in [-0.39, 0.29) is 11.3 Å². The van der Waals surface area contributed by atoms with Gasteiger partial charge >= 0.3 is 6.18 Å². The van der Waals surface area contributed by atoms with Gasteiger partial charge in [0.1, 0.15) is 0 Å². The topological polar surface area (TPSA) is 48.5 Å². The monoisotopic (exact) mass is 398 g/mol. The molecule has 0 atom stereocenters. The van der Waals surface area contributed by atoms with Crippen LogP contribution >= 0.6 is 11.6 Å². The number of benzene rings is 1. The Hall–Kier alpha value is -2.32. The molecule has 9 heteroatoms. The van der Waals surface area contributed by atoms with E-state index in [2.05, 4.69) is 20.1 Å². The number of anilines is 2. The molecule has 1 aromatic carbocycles. The summed E-state index contributed by atoms with van der Waals surface area (Å²) in [4.78, 5) is 20.9. The van der Waals surface area contributed by atoms with Crippen LogP contribution < -0.4 is 10.2 Å². The summed E-state index contributed by atoms with van der Waals surface area (Å²) in [5.41, 5.74) is 0.103. The average molecular weight is 399 g/mol. The standard InChI is InChI=1S/C18H18ClF3N4O/c1-25-4-6-26(7-5-25)14-8-12(10-23-11-14)17(27)24-13-2-3-16(19)15(9-13)18(20,21)22/h2-3,8-11H,4-7H2,1H3,(H,24,27). The summed E-state index contributed by atoms with van der Waals surface area (Å²) >= 11 is 5.60. The zero-order chi connectivity index (χ0) is 19.6. The number of piperazine rings is 1. The molecule has 2 heterocycles. The van der Waals surface area contributed by atoms with Crippen LogP contribution in [0.25, 0.3) is 0 Å². The van der Waals surface area contributed by atoms with Crippen molar-refractivity contribution in [2.24, 2.45) is 0 Å². The number of aromatic nitrogens is 1. The van der Waals surface area contributed by atoms with Crippen molar-refractivity contribution in [1.29, 1.82) is 0 Å². The molecular formula is C18H18ClF3N4O. The summed E-state index contributed by atoms with van der Waals surface area (Å²) in [6.07, 6.45) is -1.54. The molecule has 0 spiro atoms. The number of hydrogen-bond donors (Lipinski definition) is 1. The largest absolute Gasteiger partial charge is 0.417 e. The number of alkyl halides is 3. The second-order valence-corrected chi connectivity index (χ2v) is 6.78. The first-order chi connectivity index (χ1) is 12.7. The maximum Gasteiger partial charge on any atom is 0.417 e. The van der Waals surface area contributed by atoms with E-state index < -0.39 is 22.7 Å². The minimum absolute atomic E-state index is 0.0155. The third-order valence-corrected chi connectivity index (χ3v) is 4.71. The maximum atomic E-state index is 13.0. The summed E-state index contributed by atoms with van der Waals surface area (Å²) in [6, 6.07) is 4.94. The second kappa shape index (κ2) is 7.74. The second-order valence-electron chi connectivity index (χ2n) is 6.37. The third kappa shape index (κ3) is 4.70. The van der Waals surface area contributed by atoms with Gasteiger partial charge in [0, 0.05) is 38.1 Å². The molecule has 1 fully saturated rings. The van der Waals surface area contributed by atoms with Crippen LogP contribution in [0.1, 0.15) is 15.9 Å². The van der Waals surface area contributed by atoms with Crippen molar-refractivity contribution in [3.63, 3.8) is 0 Å². The predicted molar refractivity (Wildman–Crippen MR) is 98.4 cm³/mol. The number of pyridine rings is 1. The first-order valence-electron chi connectivity index (χ1n) is 8.30. The SMILES string of the molecule is CN1CCN(c2cncc(C(=O)Nc3ccc(Cl)c(C(F)(F)F)c3)c2)CC1. The van der Waals surface area contributed by atoms with Gasteiger partial charge in [-0.25, -0.2) is 0 Å². The number of nitrogens with one attached hydrogen (secondary N) is 1. The van der Waals surface area contributed by atoms with Gasteiger partial charge in [0.05, 0.1) is 28.0 Å². The molecule has 0 bridgehead atoms. The molecule has 144 valence electrons. The summed E-state index contributed by atoms with van der Waals surface area (Å²) in [5, 5.41) is 2.05. The van der Waals surface area contributed by atoms with E-state index in [0.717, 1.165) is 44.0 Å². The molecule has 0 aliphatic carbocycles. The van der Waals surface area contributed by atoms with Crippen LogP contribution in [0.3, 0.4) is 0 Å². The number of nitrogens with zero attached hydrogens (tertiary/aromatic N) is 3. The summed E-state index contributed by atoms with van der Waals surface area (Å²) in [7, 11) is 2.04. The lowest BCUT2D eigenvalue weighted by molar-refractivity contribution is -0.137. The van der Waals surface area contributed by atoms with Gasteiger partial charge in [0.2, 0.25) is 0 Å². The minimum atomic E-state index is -4.60. The fraction of sp³-hybridized carbons (Fsp3) is 0.333. The maximum absolute atomic E-state index is 13.0. The summed E-state index contributed by atoms with van der Waals surface area (Å²) < 4.78 is 38.9. The van der Waals surface area contributed by atoms with Gasteiger partial charge in [-0.1, -0.05) is 11.6 Å². The molecule has 1 aromatic heterocycles. The Morgan fingerprint density at radius 3 is 2.52 bits per heavy atom. The van der Waals surface area contributed by atoms with E-state index in [0.29, 0.717) is 0 Å². The van der Waals surface area contributed by atoms with Crippen molar-refractivity contribution in [3.8, 4) is 0 Å². The highest BCUT2D eigenvalue weighted by Gasteiger charge is 2.33. The Kier molecular flexibility index (Phi) is 5.57. The molecule has 27 heavy (non-hydrogen) atoms. The zero-order valence-corrected chi connectivity index (χ0v) is 15.3. The Balaban J connectivity index is 1.76. The molecule has 1 N–H and O–H groups in total. The van der Waals surface area contributed by atoms with E-state index in [9.17, 15) is 18.0 Å². The van der Waals surface area contributed by atoms with Crippen LogP contribution in [-0.4, -0.2) is 49.0 Å². The lowest BCUT2D eigenvalue weighted by Gasteiger charge is -2.33. The Bertz CT molecular complexity index is 836. The smallest absolute Gasteiger partial charge is 0.368 e. The molecule has 1 aliphatic heterocycles. The number of carbonyl (C=O) groups is 1.